The third-order valence-corrected chi connectivity index (χ3v) is 2.84. The second-order valence-electron chi connectivity index (χ2n) is 2.89. The van der Waals surface area contributed by atoms with Crippen LogP contribution in [-0.2, 0) is 9.53 Å². The van der Waals surface area contributed by atoms with Crippen LogP contribution in [0.3, 0.4) is 0 Å². The number of esters is 1. The molecule has 0 spiro atoms. The summed E-state index contributed by atoms with van der Waals surface area (Å²) < 4.78 is 18.0. The first kappa shape index (κ1) is 11.2. The highest BCUT2D eigenvalue weighted by Crippen LogP contribution is 2.27. The van der Waals surface area contributed by atoms with Gasteiger partial charge in [0.25, 0.3) is 0 Å². The number of hydrogen-bond donors (Lipinski definition) is 0. The highest BCUT2D eigenvalue weighted by molar-refractivity contribution is 9.10. The quantitative estimate of drug-likeness (QED) is 0.765. The van der Waals surface area contributed by atoms with Crippen LogP contribution in [0, 0.1) is 5.82 Å². The molecule has 1 rings (SSSR count). The number of ether oxygens (including phenoxy) is 1. The topological polar surface area (TPSA) is 26.3 Å². The molecule has 0 amide bonds. The summed E-state index contributed by atoms with van der Waals surface area (Å²) in [5.74, 6) is -1.22. The molecule has 2 nitrogen and oxygen atoms in total. The monoisotopic (exact) mass is 260 g/mol. The fourth-order valence-corrected chi connectivity index (χ4v) is 1.77. The van der Waals surface area contributed by atoms with Crippen molar-refractivity contribution in [2.75, 3.05) is 7.11 Å². The van der Waals surface area contributed by atoms with Gasteiger partial charge in [-0.05, 0) is 34.5 Å². The summed E-state index contributed by atoms with van der Waals surface area (Å²) in [5.41, 5.74) is 0.594. The van der Waals surface area contributed by atoms with Crippen LogP contribution >= 0.6 is 15.9 Å². The molecule has 0 N–H and O–H groups in total. The maximum Gasteiger partial charge on any atom is 0.312 e. The molecular weight excluding hydrogens is 251 g/mol. The van der Waals surface area contributed by atoms with Crippen LogP contribution in [0.25, 0.3) is 0 Å². The molecule has 0 aliphatic rings. The molecular formula is C10H10BrFO2. The minimum atomic E-state index is -0.468. The van der Waals surface area contributed by atoms with Gasteiger partial charge in [0, 0.05) is 0 Å². The van der Waals surface area contributed by atoms with Gasteiger partial charge >= 0.3 is 5.97 Å². The first-order valence-electron chi connectivity index (χ1n) is 4.09. The molecule has 0 saturated carbocycles. The van der Waals surface area contributed by atoms with Crippen LogP contribution in [0.4, 0.5) is 4.39 Å². The van der Waals surface area contributed by atoms with Crippen molar-refractivity contribution in [3.8, 4) is 0 Å². The number of methoxy groups -OCH3 is 1. The van der Waals surface area contributed by atoms with E-state index in [-0.39, 0.29) is 11.8 Å². The van der Waals surface area contributed by atoms with Gasteiger partial charge in [0.2, 0.25) is 0 Å². The smallest absolute Gasteiger partial charge is 0.312 e. The van der Waals surface area contributed by atoms with Gasteiger partial charge in [-0.25, -0.2) is 4.39 Å². The average Bonchev–Trinajstić information content (AvgIpc) is 2.20. The average molecular weight is 261 g/mol. The minimum absolute atomic E-state index is 0.318. The second kappa shape index (κ2) is 4.55. The molecule has 76 valence electrons. The zero-order chi connectivity index (χ0) is 10.7. The molecule has 1 unspecified atom stereocenters. The Hall–Kier alpha value is -0.900. The lowest BCUT2D eigenvalue weighted by Crippen LogP contribution is -2.11. The van der Waals surface area contributed by atoms with Crippen molar-refractivity contribution in [1.82, 2.24) is 0 Å². The van der Waals surface area contributed by atoms with Gasteiger partial charge in [-0.1, -0.05) is 12.1 Å². The molecule has 1 aromatic rings. The molecule has 0 saturated heterocycles. The van der Waals surface area contributed by atoms with Crippen molar-refractivity contribution in [2.45, 2.75) is 12.8 Å². The molecule has 14 heavy (non-hydrogen) atoms. The van der Waals surface area contributed by atoms with Crippen molar-refractivity contribution in [3.63, 3.8) is 0 Å². The van der Waals surface area contributed by atoms with Gasteiger partial charge in [-0.2, -0.15) is 0 Å². The molecule has 1 atom stereocenters. The van der Waals surface area contributed by atoms with Crippen LogP contribution in [-0.4, -0.2) is 13.1 Å². The van der Waals surface area contributed by atoms with Crippen LogP contribution in [0.5, 0.6) is 0 Å². The molecule has 4 heteroatoms. The van der Waals surface area contributed by atoms with E-state index in [9.17, 15) is 9.18 Å². The lowest BCUT2D eigenvalue weighted by atomic mass is 10.0. The van der Waals surface area contributed by atoms with E-state index in [4.69, 9.17) is 0 Å². The summed E-state index contributed by atoms with van der Waals surface area (Å²) in [5, 5.41) is 0. The Balaban J connectivity index is 3.07. The molecule has 0 aliphatic heterocycles. The van der Waals surface area contributed by atoms with Crippen molar-refractivity contribution in [1.29, 1.82) is 0 Å². The maximum atomic E-state index is 13.1. The van der Waals surface area contributed by atoms with Crippen LogP contribution in [0.15, 0.2) is 22.7 Å². The first-order chi connectivity index (χ1) is 6.57. The first-order valence-corrected chi connectivity index (χ1v) is 4.89. The summed E-state index contributed by atoms with van der Waals surface area (Å²) >= 11 is 3.10. The number of rotatable bonds is 2. The predicted octanol–water partition coefficient (Wildman–Crippen LogP) is 2.86. The third-order valence-electron chi connectivity index (χ3n) is 2.00. The van der Waals surface area contributed by atoms with E-state index >= 15 is 0 Å². The Morgan fingerprint density at radius 3 is 2.79 bits per heavy atom. The van der Waals surface area contributed by atoms with E-state index in [2.05, 4.69) is 20.7 Å². The Morgan fingerprint density at radius 2 is 2.21 bits per heavy atom. The Bertz CT molecular complexity index is 352. The van der Waals surface area contributed by atoms with Crippen LogP contribution in [0.2, 0.25) is 0 Å². The molecule has 0 bridgehead atoms. The summed E-state index contributed by atoms with van der Waals surface area (Å²) in [6, 6.07) is 4.58. The minimum Gasteiger partial charge on any atom is -0.469 e. The predicted molar refractivity (Wildman–Crippen MR) is 54.5 cm³/mol. The number of halogens is 2. The van der Waals surface area contributed by atoms with Crippen molar-refractivity contribution >= 4 is 21.9 Å². The van der Waals surface area contributed by atoms with Crippen molar-refractivity contribution in [2.24, 2.45) is 0 Å². The van der Waals surface area contributed by atoms with Crippen molar-refractivity contribution < 1.29 is 13.9 Å². The fourth-order valence-electron chi connectivity index (χ4n) is 1.16. The lowest BCUT2D eigenvalue weighted by molar-refractivity contribution is -0.142. The maximum absolute atomic E-state index is 13.1. The molecule has 0 fully saturated rings. The molecule has 0 heterocycles. The number of benzene rings is 1. The van der Waals surface area contributed by atoms with Crippen LogP contribution < -0.4 is 0 Å². The van der Waals surface area contributed by atoms with E-state index in [0.29, 0.717) is 10.0 Å². The van der Waals surface area contributed by atoms with Crippen molar-refractivity contribution in [3.05, 3.63) is 34.1 Å². The Morgan fingerprint density at radius 1 is 1.57 bits per heavy atom. The number of hydrogen-bond acceptors (Lipinski definition) is 2. The molecule has 0 aliphatic carbocycles. The van der Waals surface area contributed by atoms with E-state index in [0.717, 1.165) is 0 Å². The standard InChI is InChI=1S/C10H10BrFO2/c1-6(10(13)14-2)7-4-3-5-8(12)9(7)11/h3-6H,1-2H3. The highest BCUT2D eigenvalue weighted by Gasteiger charge is 2.19. The summed E-state index contributed by atoms with van der Waals surface area (Å²) in [6.45, 7) is 1.67. The van der Waals surface area contributed by atoms with E-state index in [1.807, 2.05) is 0 Å². The van der Waals surface area contributed by atoms with Gasteiger partial charge in [0.05, 0.1) is 17.5 Å². The van der Waals surface area contributed by atoms with Gasteiger partial charge in [-0.3, -0.25) is 4.79 Å². The SMILES string of the molecule is COC(=O)C(C)c1cccc(F)c1Br. The summed E-state index contributed by atoms with van der Waals surface area (Å²) in [4.78, 5) is 11.2. The molecule has 1 aromatic carbocycles. The Kier molecular flexibility index (Phi) is 3.63. The molecule has 0 aromatic heterocycles. The van der Waals surface area contributed by atoms with Crippen LogP contribution in [0.1, 0.15) is 18.4 Å². The third kappa shape index (κ3) is 2.12. The number of carbonyl (C=O) groups is 1. The van der Waals surface area contributed by atoms with Gasteiger partial charge in [-0.15, -0.1) is 0 Å². The zero-order valence-corrected chi connectivity index (χ0v) is 9.47. The van der Waals surface area contributed by atoms with Gasteiger partial charge in [0.1, 0.15) is 5.82 Å². The Labute approximate surface area is 90.2 Å². The zero-order valence-electron chi connectivity index (χ0n) is 7.88. The lowest BCUT2D eigenvalue weighted by Gasteiger charge is -2.11. The van der Waals surface area contributed by atoms with Gasteiger partial charge in [0.15, 0.2) is 0 Å². The second-order valence-corrected chi connectivity index (χ2v) is 3.68. The number of carbonyl (C=O) groups excluding carboxylic acids is 1. The summed E-state index contributed by atoms with van der Waals surface area (Å²) in [6.07, 6.45) is 0. The normalized spacial score (nSPS) is 12.3. The van der Waals surface area contributed by atoms with E-state index in [1.165, 1.54) is 13.2 Å². The highest BCUT2D eigenvalue weighted by atomic mass is 79.9. The van der Waals surface area contributed by atoms with E-state index in [1.54, 1.807) is 19.1 Å². The largest absolute Gasteiger partial charge is 0.469 e. The fraction of sp³-hybridized carbons (Fsp3) is 0.300. The molecule has 0 radical (unpaired) electrons. The van der Waals surface area contributed by atoms with E-state index < -0.39 is 5.92 Å². The summed E-state index contributed by atoms with van der Waals surface area (Å²) in [7, 11) is 1.31. The van der Waals surface area contributed by atoms with Gasteiger partial charge < -0.3 is 4.74 Å².